The zero-order valence-corrected chi connectivity index (χ0v) is 31.8. The summed E-state index contributed by atoms with van der Waals surface area (Å²) in [6.45, 7) is 9.15. The van der Waals surface area contributed by atoms with Crippen molar-refractivity contribution < 1.29 is 39.1 Å². The molecule has 0 aliphatic heterocycles. The first-order valence-electron chi connectivity index (χ1n) is 17.8. The van der Waals surface area contributed by atoms with Crippen LogP contribution >= 0.6 is 0 Å². The fraction of sp³-hybridized carbons (Fsp3) is 0.341. The van der Waals surface area contributed by atoms with Gasteiger partial charge in [-0.15, -0.1) is 0 Å². The normalized spacial score (nSPS) is 11.9. The summed E-state index contributed by atoms with van der Waals surface area (Å²) in [5.41, 5.74) is 14.5. The molecule has 2 atom stereocenters. The van der Waals surface area contributed by atoms with Crippen LogP contribution in [0.5, 0.6) is 0 Å². The molecule has 4 rings (SSSR count). The molecular formula is C41H50N6O8. The first-order valence-corrected chi connectivity index (χ1v) is 17.8. The number of hydrogen-bond donors (Lipinski definition) is 6. The van der Waals surface area contributed by atoms with Crippen LogP contribution in [0.15, 0.2) is 85.2 Å². The van der Waals surface area contributed by atoms with Gasteiger partial charge in [0.05, 0.1) is 12.1 Å². The Balaban J connectivity index is 0.000000305. The summed E-state index contributed by atoms with van der Waals surface area (Å²) in [6, 6.07) is 19.5. The number of Topliss-reactive ketones (excluding diaryl/α,β-unsaturated/α-hetero) is 2. The van der Waals surface area contributed by atoms with Gasteiger partial charge in [0.1, 0.15) is 11.4 Å². The van der Waals surface area contributed by atoms with Gasteiger partial charge in [-0.25, -0.2) is 15.8 Å². The van der Waals surface area contributed by atoms with E-state index >= 15 is 0 Å². The summed E-state index contributed by atoms with van der Waals surface area (Å²) in [4.78, 5) is 68.6. The van der Waals surface area contributed by atoms with Gasteiger partial charge in [-0.3, -0.25) is 39.6 Å². The van der Waals surface area contributed by atoms with Crippen LogP contribution in [0.3, 0.4) is 0 Å². The Morgan fingerprint density at radius 3 is 1.51 bits per heavy atom. The first kappa shape index (κ1) is 43.6. The van der Waals surface area contributed by atoms with E-state index < -0.39 is 35.6 Å². The molecule has 55 heavy (non-hydrogen) atoms. The number of aryl methyl sites for hydroxylation is 4. The maximum atomic E-state index is 12.9. The number of amides is 3. The second-order valence-corrected chi connectivity index (χ2v) is 14.1. The highest BCUT2D eigenvalue weighted by Crippen LogP contribution is 2.13. The Labute approximate surface area is 320 Å². The summed E-state index contributed by atoms with van der Waals surface area (Å²) >= 11 is 0. The molecule has 0 aliphatic carbocycles. The first-order chi connectivity index (χ1) is 26.1. The van der Waals surface area contributed by atoms with Gasteiger partial charge in [-0.2, -0.15) is 0 Å². The smallest absolute Gasteiger partial charge is 0.408 e. The number of nitrogens with two attached hydrogens (primary N) is 1. The number of nitrogens with zero attached hydrogens (tertiary/aromatic N) is 2. The van der Waals surface area contributed by atoms with Gasteiger partial charge in [0.25, 0.3) is 11.8 Å². The third-order valence-corrected chi connectivity index (χ3v) is 8.24. The molecule has 0 radical (unpaired) electrons. The Bertz CT molecular complexity index is 1870. The van der Waals surface area contributed by atoms with Crippen LogP contribution in [0.1, 0.15) is 88.0 Å². The van der Waals surface area contributed by atoms with E-state index in [1.165, 1.54) is 0 Å². The molecule has 0 bridgehead atoms. The second kappa shape index (κ2) is 21.2. The molecule has 7 N–H and O–H groups in total. The second-order valence-electron chi connectivity index (χ2n) is 14.1. The number of aromatic nitrogens is 2. The SMILES string of the molecule is Cc1ccc(CC(N)C(=O)CCc2ccc(C(=O)NO)cc2)nc1.Cc1ccc(CC(NC(=O)OC(C)(C)C)C(=O)CCc2ccc(C(=O)NO)cc2)nc1. The van der Waals surface area contributed by atoms with Gasteiger partial charge >= 0.3 is 6.09 Å². The largest absolute Gasteiger partial charge is 0.444 e. The Morgan fingerprint density at radius 1 is 0.673 bits per heavy atom. The van der Waals surface area contributed by atoms with Crippen molar-refractivity contribution in [3.05, 3.63) is 130 Å². The van der Waals surface area contributed by atoms with Crippen LogP contribution in [0.25, 0.3) is 0 Å². The predicted molar refractivity (Wildman–Crippen MR) is 205 cm³/mol. The highest BCUT2D eigenvalue weighted by molar-refractivity contribution is 5.94. The number of ketones is 2. The zero-order chi connectivity index (χ0) is 40.5. The van der Waals surface area contributed by atoms with Gasteiger partial charge in [0, 0.05) is 60.6 Å². The lowest BCUT2D eigenvalue weighted by molar-refractivity contribution is -0.121. The number of rotatable bonds is 15. The van der Waals surface area contributed by atoms with E-state index in [0.29, 0.717) is 42.5 Å². The highest BCUT2D eigenvalue weighted by Gasteiger charge is 2.25. The number of alkyl carbamates (subject to hydrolysis) is 1. The molecule has 2 aromatic heterocycles. The molecule has 4 aromatic rings. The summed E-state index contributed by atoms with van der Waals surface area (Å²) in [6.07, 6.45) is 5.02. The summed E-state index contributed by atoms with van der Waals surface area (Å²) in [7, 11) is 0. The van der Waals surface area contributed by atoms with Crippen LogP contribution < -0.4 is 22.0 Å². The standard InChI is InChI=1S/C23H29N3O5.C18H21N3O3/c1-15-5-11-18(24-14-15)13-19(25-22(29)31-23(2,3)4)20(27)12-8-16-6-9-17(10-7-16)21(28)26-30;1-12-2-8-15(20-11-12)10-16(19)17(22)9-5-13-3-6-14(7-4-13)18(23)21-24/h5-7,9-11,14,19,30H,8,12-13H2,1-4H3,(H,25,29)(H,26,28);2-4,6-8,11,16,24H,5,9-10,19H2,1H3,(H,21,23). The van der Waals surface area contributed by atoms with Crippen molar-refractivity contribution in [3.8, 4) is 0 Å². The number of carbonyl (C=O) groups excluding carboxylic acids is 5. The predicted octanol–water partition coefficient (Wildman–Crippen LogP) is 4.73. The number of carbonyl (C=O) groups is 5. The average Bonchev–Trinajstić information content (AvgIpc) is 3.16. The fourth-order valence-corrected chi connectivity index (χ4v) is 5.15. The van der Waals surface area contributed by atoms with Crippen molar-refractivity contribution in [2.24, 2.45) is 5.73 Å². The van der Waals surface area contributed by atoms with Crippen LogP contribution in [0.4, 0.5) is 4.79 Å². The van der Waals surface area contributed by atoms with Crippen molar-refractivity contribution in [1.29, 1.82) is 0 Å². The number of nitrogens with one attached hydrogen (secondary N) is 3. The lowest BCUT2D eigenvalue weighted by atomic mass is 9.99. The lowest BCUT2D eigenvalue weighted by Gasteiger charge is -2.23. The van der Waals surface area contributed by atoms with E-state index in [4.69, 9.17) is 20.9 Å². The molecule has 3 amide bonds. The van der Waals surface area contributed by atoms with Crippen LogP contribution in [-0.2, 0) is 40.0 Å². The molecule has 292 valence electrons. The Morgan fingerprint density at radius 2 is 1.11 bits per heavy atom. The molecule has 0 fully saturated rings. The van der Waals surface area contributed by atoms with Crippen molar-refractivity contribution >= 4 is 29.5 Å². The molecule has 0 saturated carbocycles. The van der Waals surface area contributed by atoms with E-state index in [1.54, 1.807) is 92.7 Å². The fourth-order valence-electron chi connectivity index (χ4n) is 5.15. The quantitative estimate of drug-likeness (QED) is 0.0719. The van der Waals surface area contributed by atoms with Crippen LogP contribution in [-0.4, -0.2) is 67.5 Å². The molecule has 14 nitrogen and oxygen atoms in total. The molecule has 0 aliphatic rings. The zero-order valence-electron chi connectivity index (χ0n) is 31.8. The van der Waals surface area contributed by atoms with Gasteiger partial charge < -0.3 is 15.8 Å². The van der Waals surface area contributed by atoms with Crippen molar-refractivity contribution in [2.75, 3.05) is 0 Å². The Kier molecular flexibility index (Phi) is 16.8. The molecular weight excluding hydrogens is 704 g/mol. The summed E-state index contributed by atoms with van der Waals surface area (Å²) in [5, 5.41) is 19.9. The third-order valence-electron chi connectivity index (χ3n) is 8.24. The topological polar surface area (TPSA) is 223 Å². The molecule has 2 heterocycles. The maximum Gasteiger partial charge on any atom is 0.408 e. The lowest BCUT2D eigenvalue weighted by Crippen LogP contribution is -2.45. The van der Waals surface area contributed by atoms with Gasteiger partial charge in [0.2, 0.25) is 0 Å². The van der Waals surface area contributed by atoms with Crippen LogP contribution in [0, 0.1) is 13.8 Å². The minimum Gasteiger partial charge on any atom is -0.444 e. The van der Waals surface area contributed by atoms with E-state index in [2.05, 4.69) is 15.3 Å². The monoisotopic (exact) mass is 754 g/mol. The van der Waals surface area contributed by atoms with Crippen molar-refractivity contribution in [1.82, 2.24) is 26.2 Å². The number of hydroxylamine groups is 2. The third kappa shape index (κ3) is 15.6. The van der Waals surface area contributed by atoms with E-state index in [0.717, 1.165) is 27.9 Å². The molecule has 14 heteroatoms. The number of hydrogen-bond acceptors (Lipinski definition) is 11. The van der Waals surface area contributed by atoms with Crippen molar-refractivity contribution in [2.45, 2.75) is 90.8 Å². The van der Waals surface area contributed by atoms with Gasteiger partial charge in [-0.05, 0) is 106 Å². The maximum absolute atomic E-state index is 12.9. The van der Waals surface area contributed by atoms with Crippen LogP contribution in [0.2, 0.25) is 0 Å². The number of benzene rings is 2. The van der Waals surface area contributed by atoms with E-state index in [1.807, 2.05) is 38.1 Å². The van der Waals surface area contributed by atoms with E-state index in [9.17, 15) is 24.0 Å². The molecule has 2 aromatic carbocycles. The molecule has 0 saturated heterocycles. The number of ether oxygens (including phenoxy) is 1. The minimum absolute atomic E-state index is 0.0189. The molecule has 0 spiro atoms. The van der Waals surface area contributed by atoms with Crippen molar-refractivity contribution in [3.63, 3.8) is 0 Å². The summed E-state index contributed by atoms with van der Waals surface area (Å²) < 4.78 is 5.30. The average molecular weight is 755 g/mol. The van der Waals surface area contributed by atoms with Gasteiger partial charge in [-0.1, -0.05) is 36.4 Å². The number of pyridine rings is 2. The van der Waals surface area contributed by atoms with E-state index in [-0.39, 0.29) is 24.4 Å². The Hall–Kier alpha value is -5.83. The molecule has 2 unspecified atom stereocenters. The minimum atomic E-state index is -0.774. The highest BCUT2D eigenvalue weighted by atomic mass is 16.6. The summed E-state index contributed by atoms with van der Waals surface area (Å²) in [5.74, 6) is -1.33. The van der Waals surface area contributed by atoms with Gasteiger partial charge in [0.15, 0.2) is 5.78 Å².